The van der Waals surface area contributed by atoms with Crippen LogP contribution >= 0.6 is 0 Å². The number of nitrogens with zero attached hydrogens (tertiary/aromatic N) is 3. The van der Waals surface area contributed by atoms with Crippen LogP contribution in [0.25, 0.3) is 0 Å². The van der Waals surface area contributed by atoms with E-state index in [0.717, 1.165) is 44.1 Å². The summed E-state index contributed by atoms with van der Waals surface area (Å²) in [5, 5.41) is 0. The van der Waals surface area contributed by atoms with Crippen molar-refractivity contribution in [2.75, 3.05) is 38.2 Å². The highest BCUT2D eigenvalue weighted by molar-refractivity contribution is 5.89. The molecule has 1 aliphatic rings. The summed E-state index contributed by atoms with van der Waals surface area (Å²) in [5.74, 6) is -0.294. The molecule has 0 unspecified atom stereocenters. The van der Waals surface area contributed by atoms with Crippen molar-refractivity contribution in [2.45, 2.75) is 13.5 Å². The Morgan fingerprint density at radius 2 is 1.83 bits per heavy atom. The highest BCUT2D eigenvalue weighted by Crippen LogP contribution is 2.19. The van der Waals surface area contributed by atoms with Crippen molar-refractivity contribution in [3.8, 4) is 0 Å². The van der Waals surface area contributed by atoms with Crippen LogP contribution in [0.4, 0.5) is 5.69 Å². The van der Waals surface area contributed by atoms with Crippen LogP contribution in [0.2, 0.25) is 0 Å². The van der Waals surface area contributed by atoms with Crippen LogP contribution in [0.15, 0.2) is 42.6 Å². The third-order valence-electron chi connectivity index (χ3n) is 4.52. The van der Waals surface area contributed by atoms with Crippen molar-refractivity contribution < 1.29 is 9.53 Å². The van der Waals surface area contributed by atoms with Crippen molar-refractivity contribution in [2.24, 2.45) is 0 Å². The average molecular weight is 325 g/mol. The van der Waals surface area contributed by atoms with Crippen molar-refractivity contribution in [3.63, 3.8) is 0 Å². The first-order chi connectivity index (χ1) is 11.7. The molecular formula is C19H23N3O2. The predicted molar refractivity (Wildman–Crippen MR) is 94.2 cm³/mol. The van der Waals surface area contributed by atoms with Gasteiger partial charge in [0.1, 0.15) is 0 Å². The molecule has 0 atom stereocenters. The highest BCUT2D eigenvalue weighted by atomic mass is 16.5. The fraction of sp³-hybridized carbons (Fsp3) is 0.368. The number of anilines is 1. The molecule has 0 saturated carbocycles. The third-order valence-corrected chi connectivity index (χ3v) is 4.52. The topological polar surface area (TPSA) is 45.7 Å². The zero-order valence-electron chi connectivity index (χ0n) is 14.2. The monoisotopic (exact) mass is 325 g/mol. The first kappa shape index (κ1) is 16.5. The van der Waals surface area contributed by atoms with E-state index in [1.165, 1.54) is 12.7 Å². The number of esters is 1. The molecule has 5 nitrogen and oxygen atoms in total. The maximum absolute atomic E-state index is 11.5. The number of aromatic nitrogens is 1. The van der Waals surface area contributed by atoms with Gasteiger partial charge >= 0.3 is 5.97 Å². The maximum atomic E-state index is 11.5. The van der Waals surface area contributed by atoms with E-state index >= 15 is 0 Å². The number of carbonyl (C=O) groups excluding carboxylic acids is 1. The molecule has 1 aromatic carbocycles. The zero-order chi connectivity index (χ0) is 16.9. The number of pyridine rings is 1. The van der Waals surface area contributed by atoms with E-state index in [0.29, 0.717) is 5.56 Å². The predicted octanol–water partition coefficient (Wildman–Crippen LogP) is 2.50. The molecule has 126 valence electrons. The lowest BCUT2D eigenvalue weighted by Gasteiger charge is -2.36. The number of ether oxygens (including phenoxy) is 1. The van der Waals surface area contributed by atoms with E-state index in [9.17, 15) is 4.79 Å². The molecule has 1 aromatic heterocycles. The Hall–Kier alpha value is -2.40. The molecule has 2 heterocycles. The summed E-state index contributed by atoms with van der Waals surface area (Å²) in [6, 6.07) is 11.7. The fourth-order valence-corrected chi connectivity index (χ4v) is 2.99. The van der Waals surface area contributed by atoms with Crippen LogP contribution in [0, 0.1) is 6.92 Å². The molecule has 0 bridgehead atoms. The van der Waals surface area contributed by atoms with Gasteiger partial charge in [0.05, 0.1) is 18.4 Å². The molecule has 0 spiro atoms. The van der Waals surface area contributed by atoms with Crippen LogP contribution in [0.3, 0.4) is 0 Å². The summed E-state index contributed by atoms with van der Waals surface area (Å²) >= 11 is 0. The van der Waals surface area contributed by atoms with E-state index in [2.05, 4.69) is 27.8 Å². The van der Waals surface area contributed by atoms with Crippen LogP contribution in [0.5, 0.6) is 0 Å². The van der Waals surface area contributed by atoms with Gasteiger partial charge in [0.15, 0.2) is 0 Å². The van der Waals surface area contributed by atoms with Crippen LogP contribution in [0.1, 0.15) is 21.6 Å². The molecule has 0 amide bonds. The number of carbonyl (C=O) groups is 1. The Balaban J connectivity index is 1.57. The van der Waals surface area contributed by atoms with Gasteiger partial charge in [0.2, 0.25) is 0 Å². The number of aryl methyl sites for hydroxylation is 1. The van der Waals surface area contributed by atoms with Crippen LogP contribution in [-0.4, -0.2) is 49.1 Å². The highest BCUT2D eigenvalue weighted by Gasteiger charge is 2.18. The number of rotatable bonds is 4. The Morgan fingerprint density at radius 1 is 1.12 bits per heavy atom. The minimum absolute atomic E-state index is 0.294. The second-order valence-corrected chi connectivity index (χ2v) is 6.07. The summed E-state index contributed by atoms with van der Waals surface area (Å²) < 4.78 is 4.74. The molecule has 0 radical (unpaired) electrons. The van der Waals surface area contributed by atoms with Gasteiger partial charge < -0.3 is 9.64 Å². The molecule has 1 saturated heterocycles. The molecule has 1 aliphatic heterocycles. The normalized spacial score (nSPS) is 15.3. The second kappa shape index (κ2) is 7.45. The van der Waals surface area contributed by atoms with Gasteiger partial charge in [-0.15, -0.1) is 0 Å². The third kappa shape index (κ3) is 3.74. The lowest BCUT2D eigenvalue weighted by Crippen LogP contribution is -2.46. The SMILES string of the molecule is COC(=O)c1ccc(N2CCN(Cc3ncccc3C)CC2)cc1. The zero-order valence-corrected chi connectivity index (χ0v) is 14.2. The number of hydrogen-bond acceptors (Lipinski definition) is 5. The lowest BCUT2D eigenvalue weighted by atomic mass is 10.1. The molecule has 0 aliphatic carbocycles. The van der Waals surface area contributed by atoms with Gasteiger partial charge in [0.25, 0.3) is 0 Å². The van der Waals surface area contributed by atoms with Crippen molar-refractivity contribution in [1.82, 2.24) is 9.88 Å². The summed E-state index contributed by atoms with van der Waals surface area (Å²) in [6.07, 6.45) is 1.86. The molecule has 24 heavy (non-hydrogen) atoms. The Kier molecular flexibility index (Phi) is 5.11. The Labute approximate surface area is 142 Å². The molecule has 2 aromatic rings. The summed E-state index contributed by atoms with van der Waals surface area (Å²) in [6.45, 7) is 6.99. The van der Waals surface area contributed by atoms with Crippen LogP contribution < -0.4 is 4.90 Å². The van der Waals surface area contributed by atoms with Crippen molar-refractivity contribution in [3.05, 3.63) is 59.4 Å². The van der Waals surface area contributed by atoms with Gasteiger partial charge in [-0.2, -0.15) is 0 Å². The van der Waals surface area contributed by atoms with Crippen LogP contribution in [-0.2, 0) is 11.3 Å². The van der Waals surface area contributed by atoms with Crippen molar-refractivity contribution >= 4 is 11.7 Å². The van der Waals surface area contributed by atoms with E-state index in [1.807, 2.05) is 36.5 Å². The summed E-state index contributed by atoms with van der Waals surface area (Å²) in [5.41, 5.74) is 4.15. The smallest absolute Gasteiger partial charge is 0.337 e. The summed E-state index contributed by atoms with van der Waals surface area (Å²) in [7, 11) is 1.40. The van der Waals surface area contributed by atoms with E-state index in [4.69, 9.17) is 4.74 Å². The van der Waals surface area contributed by atoms with Gasteiger partial charge in [-0.1, -0.05) is 6.07 Å². The standard InChI is InChI=1S/C19H23N3O2/c1-15-4-3-9-20-18(15)14-21-10-12-22(13-11-21)17-7-5-16(6-8-17)19(23)24-2/h3-9H,10-14H2,1-2H3. The number of benzene rings is 1. The van der Waals surface area contributed by atoms with Gasteiger partial charge in [0, 0.05) is 44.6 Å². The van der Waals surface area contributed by atoms with Gasteiger partial charge in [-0.05, 0) is 42.8 Å². The van der Waals surface area contributed by atoms with E-state index < -0.39 is 0 Å². The number of hydrogen-bond donors (Lipinski definition) is 0. The average Bonchev–Trinajstić information content (AvgIpc) is 2.64. The minimum atomic E-state index is -0.294. The van der Waals surface area contributed by atoms with Gasteiger partial charge in [-0.25, -0.2) is 4.79 Å². The van der Waals surface area contributed by atoms with E-state index in [1.54, 1.807) is 0 Å². The Bertz CT molecular complexity index is 692. The number of methoxy groups -OCH3 is 1. The Morgan fingerprint density at radius 3 is 2.46 bits per heavy atom. The lowest BCUT2D eigenvalue weighted by molar-refractivity contribution is 0.0601. The molecular weight excluding hydrogens is 302 g/mol. The number of piperazine rings is 1. The fourth-order valence-electron chi connectivity index (χ4n) is 2.99. The largest absolute Gasteiger partial charge is 0.465 e. The van der Waals surface area contributed by atoms with Crippen molar-refractivity contribution in [1.29, 1.82) is 0 Å². The van der Waals surface area contributed by atoms with Gasteiger partial charge in [-0.3, -0.25) is 9.88 Å². The molecule has 3 rings (SSSR count). The molecule has 5 heteroatoms. The maximum Gasteiger partial charge on any atom is 0.337 e. The first-order valence-corrected chi connectivity index (χ1v) is 8.23. The van der Waals surface area contributed by atoms with E-state index in [-0.39, 0.29) is 5.97 Å². The molecule has 1 fully saturated rings. The molecule has 0 N–H and O–H groups in total. The second-order valence-electron chi connectivity index (χ2n) is 6.07. The minimum Gasteiger partial charge on any atom is -0.465 e. The first-order valence-electron chi connectivity index (χ1n) is 8.23. The summed E-state index contributed by atoms with van der Waals surface area (Å²) in [4.78, 5) is 20.8. The quantitative estimate of drug-likeness (QED) is 0.808.